The Bertz CT molecular complexity index is 600. The minimum absolute atomic E-state index is 0.0359. The number of carbonyl (C=O) groups is 1. The molecule has 4 rings (SSSR count). The van der Waals surface area contributed by atoms with Crippen molar-refractivity contribution in [3.8, 4) is 0 Å². The molecule has 1 N–H and O–H groups in total. The van der Waals surface area contributed by atoms with Gasteiger partial charge in [-0.1, -0.05) is 18.2 Å². The van der Waals surface area contributed by atoms with Crippen LogP contribution in [0.3, 0.4) is 0 Å². The van der Waals surface area contributed by atoms with E-state index in [2.05, 4.69) is 24.1 Å². The first-order chi connectivity index (χ1) is 11.2. The molecule has 2 saturated heterocycles. The number of anilines is 1. The maximum atomic E-state index is 13.0. The first-order valence-electron chi connectivity index (χ1n) is 8.53. The van der Waals surface area contributed by atoms with E-state index in [1.54, 1.807) is 0 Å². The fourth-order valence-electron chi connectivity index (χ4n) is 4.54. The Morgan fingerprint density at radius 3 is 2.78 bits per heavy atom. The van der Waals surface area contributed by atoms with E-state index in [0.717, 1.165) is 19.4 Å². The molecule has 0 bridgehead atoms. The van der Waals surface area contributed by atoms with Crippen molar-refractivity contribution in [1.82, 2.24) is 4.90 Å². The number of aliphatic hydroxyl groups excluding tert-OH is 1. The maximum absolute atomic E-state index is 13.0. The number of carbonyl (C=O) groups excluding carboxylic acids is 1. The zero-order chi connectivity index (χ0) is 16.0. The summed E-state index contributed by atoms with van der Waals surface area (Å²) in [5.74, 6) is 0.527. The first kappa shape index (κ1) is 15.0. The first-order valence-corrected chi connectivity index (χ1v) is 8.53. The Labute approximate surface area is 136 Å². The number of para-hydroxylation sites is 1. The lowest BCUT2D eigenvalue weighted by Gasteiger charge is -2.59. The lowest BCUT2D eigenvalue weighted by molar-refractivity contribution is -0.158. The van der Waals surface area contributed by atoms with Crippen molar-refractivity contribution in [2.75, 3.05) is 38.3 Å². The molecule has 0 spiro atoms. The molecule has 0 radical (unpaired) electrons. The normalized spacial score (nSPS) is 30.4. The Morgan fingerprint density at radius 1 is 1.30 bits per heavy atom. The van der Waals surface area contributed by atoms with Crippen molar-refractivity contribution < 1.29 is 14.6 Å². The number of fused-ring (bicyclic) bond motifs is 3. The van der Waals surface area contributed by atoms with Crippen LogP contribution in [0.5, 0.6) is 0 Å². The second kappa shape index (κ2) is 5.80. The van der Waals surface area contributed by atoms with Crippen LogP contribution in [0.4, 0.5) is 5.69 Å². The summed E-state index contributed by atoms with van der Waals surface area (Å²) in [6, 6.07) is 8.47. The average molecular weight is 316 g/mol. The maximum Gasteiger partial charge on any atom is 0.226 e. The number of amides is 1. The van der Waals surface area contributed by atoms with Gasteiger partial charge in [-0.15, -0.1) is 0 Å². The zero-order valence-corrected chi connectivity index (χ0v) is 13.5. The van der Waals surface area contributed by atoms with E-state index in [9.17, 15) is 9.90 Å². The standard InChI is InChI=1S/C18H24N2O3/c1-19-10-15-17(13-4-2-3-5-14(13)19)16(11-21)20(15)18(22)12-6-8-23-9-7-12/h2-5,12,15-17,21H,6-11H2,1H3/t15-,16+,17+/m0/s1. The van der Waals surface area contributed by atoms with Gasteiger partial charge in [-0.05, 0) is 24.5 Å². The highest BCUT2D eigenvalue weighted by Gasteiger charge is 2.54. The van der Waals surface area contributed by atoms with Gasteiger partial charge in [-0.2, -0.15) is 0 Å². The largest absolute Gasteiger partial charge is 0.394 e. The van der Waals surface area contributed by atoms with E-state index in [1.807, 2.05) is 17.0 Å². The highest BCUT2D eigenvalue weighted by molar-refractivity contribution is 5.82. The monoisotopic (exact) mass is 316 g/mol. The number of hydrogen-bond donors (Lipinski definition) is 1. The topological polar surface area (TPSA) is 53.0 Å². The summed E-state index contributed by atoms with van der Waals surface area (Å²) in [6.45, 7) is 2.22. The summed E-state index contributed by atoms with van der Waals surface area (Å²) < 4.78 is 5.38. The van der Waals surface area contributed by atoms with E-state index in [0.29, 0.717) is 13.2 Å². The Kier molecular flexibility index (Phi) is 3.77. The van der Waals surface area contributed by atoms with Crippen LogP contribution in [0.25, 0.3) is 0 Å². The molecule has 23 heavy (non-hydrogen) atoms. The molecule has 3 atom stereocenters. The van der Waals surface area contributed by atoms with Crippen molar-refractivity contribution in [2.24, 2.45) is 5.92 Å². The lowest BCUT2D eigenvalue weighted by atomic mass is 9.71. The number of hydrogen-bond acceptors (Lipinski definition) is 4. The van der Waals surface area contributed by atoms with Crippen LogP contribution in [-0.4, -0.2) is 61.4 Å². The molecular formula is C18H24N2O3. The van der Waals surface area contributed by atoms with Crippen molar-refractivity contribution in [3.05, 3.63) is 29.8 Å². The molecule has 1 amide bonds. The molecule has 1 aromatic carbocycles. The Balaban J connectivity index is 1.61. The molecule has 0 unspecified atom stereocenters. The van der Waals surface area contributed by atoms with Crippen molar-refractivity contribution in [2.45, 2.75) is 30.8 Å². The SMILES string of the molecule is CN1C[C@H]2[C@@H](c3ccccc31)[C@@H](CO)N2C(=O)C1CCOCC1. The molecule has 0 saturated carbocycles. The van der Waals surface area contributed by atoms with E-state index >= 15 is 0 Å². The summed E-state index contributed by atoms with van der Waals surface area (Å²) in [5, 5.41) is 9.90. The molecule has 1 aromatic rings. The third-order valence-corrected chi connectivity index (χ3v) is 5.72. The fourth-order valence-corrected chi connectivity index (χ4v) is 4.54. The van der Waals surface area contributed by atoms with Gasteiger partial charge < -0.3 is 19.6 Å². The number of nitrogens with zero attached hydrogens (tertiary/aromatic N) is 2. The molecule has 3 aliphatic rings. The Hall–Kier alpha value is -1.59. The van der Waals surface area contributed by atoms with Crippen LogP contribution >= 0.6 is 0 Å². The van der Waals surface area contributed by atoms with E-state index in [4.69, 9.17) is 4.74 Å². The predicted molar refractivity (Wildman–Crippen MR) is 87.5 cm³/mol. The number of benzene rings is 1. The second-order valence-corrected chi connectivity index (χ2v) is 6.91. The molecule has 3 aliphatic heterocycles. The molecule has 2 fully saturated rings. The molecule has 0 aromatic heterocycles. The van der Waals surface area contributed by atoms with E-state index in [1.165, 1.54) is 11.3 Å². The summed E-state index contributed by atoms with van der Waals surface area (Å²) >= 11 is 0. The third-order valence-electron chi connectivity index (χ3n) is 5.72. The summed E-state index contributed by atoms with van der Waals surface area (Å²) in [6.07, 6.45) is 1.61. The van der Waals surface area contributed by atoms with Crippen LogP contribution in [0.15, 0.2) is 24.3 Å². The quantitative estimate of drug-likeness (QED) is 0.891. The van der Waals surface area contributed by atoms with E-state index in [-0.39, 0.29) is 36.4 Å². The van der Waals surface area contributed by atoms with Crippen molar-refractivity contribution in [1.29, 1.82) is 0 Å². The Morgan fingerprint density at radius 2 is 2.04 bits per heavy atom. The van der Waals surface area contributed by atoms with Gasteiger partial charge in [0, 0.05) is 44.3 Å². The van der Waals surface area contributed by atoms with Gasteiger partial charge in [-0.3, -0.25) is 4.79 Å². The number of aliphatic hydroxyl groups is 1. The summed E-state index contributed by atoms with van der Waals surface area (Å²) in [4.78, 5) is 17.2. The third kappa shape index (κ3) is 2.25. The number of likely N-dealkylation sites (N-methyl/N-ethyl adjacent to an activating group) is 1. The highest BCUT2D eigenvalue weighted by Crippen LogP contribution is 2.48. The molecule has 124 valence electrons. The number of ether oxygens (including phenoxy) is 1. The van der Waals surface area contributed by atoms with Crippen molar-refractivity contribution >= 4 is 11.6 Å². The highest BCUT2D eigenvalue weighted by atomic mass is 16.5. The van der Waals surface area contributed by atoms with Gasteiger partial charge in [0.15, 0.2) is 0 Å². The van der Waals surface area contributed by atoms with Gasteiger partial charge in [0.2, 0.25) is 5.91 Å². The van der Waals surface area contributed by atoms with Crippen LogP contribution in [-0.2, 0) is 9.53 Å². The van der Waals surface area contributed by atoms with Crippen LogP contribution in [0, 0.1) is 5.92 Å². The fraction of sp³-hybridized carbons (Fsp3) is 0.611. The predicted octanol–water partition coefficient (Wildman–Crippen LogP) is 1.22. The molecular weight excluding hydrogens is 292 g/mol. The minimum atomic E-state index is -0.0785. The average Bonchev–Trinajstić information content (AvgIpc) is 2.58. The van der Waals surface area contributed by atoms with E-state index < -0.39 is 0 Å². The van der Waals surface area contributed by atoms with Gasteiger partial charge in [0.25, 0.3) is 0 Å². The van der Waals surface area contributed by atoms with Gasteiger partial charge in [0.05, 0.1) is 18.7 Å². The van der Waals surface area contributed by atoms with Gasteiger partial charge in [-0.25, -0.2) is 0 Å². The van der Waals surface area contributed by atoms with Crippen LogP contribution in [0.1, 0.15) is 24.3 Å². The molecule has 5 nitrogen and oxygen atoms in total. The number of likely N-dealkylation sites (tertiary alicyclic amines) is 1. The van der Waals surface area contributed by atoms with Crippen LogP contribution < -0.4 is 4.90 Å². The molecule has 3 heterocycles. The zero-order valence-electron chi connectivity index (χ0n) is 13.5. The van der Waals surface area contributed by atoms with Gasteiger partial charge in [0.1, 0.15) is 0 Å². The van der Waals surface area contributed by atoms with Crippen LogP contribution in [0.2, 0.25) is 0 Å². The van der Waals surface area contributed by atoms with Gasteiger partial charge >= 0.3 is 0 Å². The lowest BCUT2D eigenvalue weighted by Crippen LogP contribution is -2.71. The number of rotatable bonds is 2. The smallest absolute Gasteiger partial charge is 0.226 e. The molecule has 5 heteroatoms. The van der Waals surface area contributed by atoms with Crippen molar-refractivity contribution in [3.63, 3.8) is 0 Å². The summed E-state index contributed by atoms with van der Waals surface area (Å²) in [7, 11) is 2.08. The minimum Gasteiger partial charge on any atom is -0.394 e. The second-order valence-electron chi connectivity index (χ2n) is 6.91. The molecule has 0 aliphatic carbocycles. The summed E-state index contributed by atoms with van der Waals surface area (Å²) in [5.41, 5.74) is 2.49.